The Morgan fingerprint density at radius 1 is 1.37 bits per heavy atom. The molecule has 0 saturated carbocycles. The van der Waals surface area contributed by atoms with Gasteiger partial charge in [0.05, 0.1) is 11.2 Å². The fraction of sp³-hybridized carbons (Fsp3) is 0.500. The lowest BCUT2D eigenvalue weighted by Gasteiger charge is -2.31. The van der Waals surface area contributed by atoms with Crippen LogP contribution in [0.15, 0.2) is 11.6 Å². The highest BCUT2D eigenvalue weighted by Crippen LogP contribution is 2.28. The number of aryl methyl sites for hydroxylation is 1. The number of carbonyl (C=O) groups excluding carboxylic acids is 2. The highest BCUT2D eigenvalue weighted by atomic mass is 32.1. The zero-order valence-corrected chi connectivity index (χ0v) is 15.3. The summed E-state index contributed by atoms with van der Waals surface area (Å²) >= 11 is 1.32. The van der Waals surface area contributed by atoms with Gasteiger partial charge in [0.25, 0.3) is 11.8 Å². The van der Waals surface area contributed by atoms with Crippen molar-refractivity contribution in [3.63, 3.8) is 0 Å². The van der Waals surface area contributed by atoms with E-state index >= 15 is 0 Å². The fourth-order valence-electron chi connectivity index (χ4n) is 2.98. The van der Waals surface area contributed by atoms with Gasteiger partial charge in [-0.05, 0) is 25.8 Å². The summed E-state index contributed by atoms with van der Waals surface area (Å²) in [6.45, 7) is 1.50. The maximum absolute atomic E-state index is 12.5. The predicted molar refractivity (Wildman–Crippen MR) is 91.7 cm³/mol. The van der Waals surface area contributed by atoms with Gasteiger partial charge in [0.15, 0.2) is 0 Å². The summed E-state index contributed by atoms with van der Waals surface area (Å²) in [6.07, 6.45) is -3.12. The van der Waals surface area contributed by atoms with Gasteiger partial charge in [-0.15, -0.1) is 11.3 Å². The average Bonchev–Trinajstić information content (AvgIpc) is 3.28. The van der Waals surface area contributed by atoms with Crippen molar-refractivity contribution >= 4 is 23.2 Å². The van der Waals surface area contributed by atoms with E-state index < -0.39 is 18.6 Å². The summed E-state index contributed by atoms with van der Waals surface area (Å²) in [5, 5.41) is 8.33. The molecule has 0 spiro atoms. The molecule has 1 aliphatic rings. The molecule has 3 rings (SSSR count). The summed E-state index contributed by atoms with van der Waals surface area (Å²) in [5.41, 5.74) is 2.97. The molecule has 1 saturated heterocycles. The lowest BCUT2D eigenvalue weighted by molar-refractivity contribution is -0.123. The van der Waals surface area contributed by atoms with Gasteiger partial charge >= 0.3 is 6.18 Å². The SMILES string of the molecule is Cc1ncsc1C(=O)N1CCC(c2cc(C(=O)NCC(F)(F)F)n[nH]2)CC1. The van der Waals surface area contributed by atoms with Crippen molar-refractivity contribution in [2.24, 2.45) is 0 Å². The number of hydrogen-bond donors (Lipinski definition) is 2. The van der Waals surface area contributed by atoms with Crippen molar-refractivity contribution in [3.05, 3.63) is 33.5 Å². The molecule has 0 bridgehead atoms. The number of hydrogen-bond acceptors (Lipinski definition) is 5. The zero-order chi connectivity index (χ0) is 19.6. The van der Waals surface area contributed by atoms with Crippen LogP contribution in [-0.2, 0) is 0 Å². The third-order valence-corrected chi connectivity index (χ3v) is 5.36. The van der Waals surface area contributed by atoms with Crippen LogP contribution in [0.4, 0.5) is 13.2 Å². The molecule has 27 heavy (non-hydrogen) atoms. The van der Waals surface area contributed by atoms with Crippen LogP contribution in [0.1, 0.15) is 50.3 Å². The number of halogens is 3. The molecular weight excluding hydrogens is 383 g/mol. The van der Waals surface area contributed by atoms with Crippen LogP contribution >= 0.6 is 11.3 Å². The van der Waals surface area contributed by atoms with Crippen LogP contribution in [0.3, 0.4) is 0 Å². The first-order valence-electron chi connectivity index (χ1n) is 8.34. The maximum atomic E-state index is 12.5. The molecule has 0 radical (unpaired) electrons. The molecule has 0 unspecified atom stereocenters. The quantitative estimate of drug-likeness (QED) is 0.824. The number of piperidine rings is 1. The Kier molecular flexibility index (Phi) is 5.49. The Hall–Kier alpha value is -2.43. The Balaban J connectivity index is 1.56. The molecule has 1 aliphatic heterocycles. The van der Waals surface area contributed by atoms with Crippen molar-refractivity contribution in [1.29, 1.82) is 0 Å². The lowest BCUT2D eigenvalue weighted by Crippen LogP contribution is -2.37. The molecule has 2 aromatic rings. The van der Waals surface area contributed by atoms with E-state index in [9.17, 15) is 22.8 Å². The Labute approximate surface area is 157 Å². The molecule has 0 aliphatic carbocycles. The summed E-state index contributed by atoms with van der Waals surface area (Å²) in [4.78, 5) is 30.7. The monoisotopic (exact) mass is 401 g/mol. The minimum Gasteiger partial charge on any atom is -0.342 e. The number of alkyl halides is 3. The number of carbonyl (C=O) groups is 2. The molecule has 0 atom stereocenters. The van der Waals surface area contributed by atoms with Crippen molar-refractivity contribution in [1.82, 2.24) is 25.4 Å². The number of amides is 2. The van der Waals surface area contributed by atoms with Crippen LogP contribution in [0.25, 0.3) is 0 Å². The standard InChI is InChI=1S/C16H18F3N5O2S/c1-9-13(27-8-21-9)15(26)24-4-2-10(3-5-24)11-6-12(23-22-11)14(25)20-7-16(17,18)19/h6,8,10H,2-5,7H2,1H3,(H,20,25)(H,22,23). The summed E-state index contributed by atoms with van der Waals surface area (Å²) in [5.74, 6) is -0.846. The summed E-state index contributed by atoms with van der Waals surface area (Å²) < 4.78 is 36.5. The van der Waals surface area contributed by atoms with Crippen LogP contribution < -0.4 is 5.32 Å². The predicted octanol–water partition coefficient (Wildman–Crippen LogP) is 2.49. The molecule has 2 N–H and O–H groups in total. The van der Waals surface area contributed by atoms with Crippen molar-refractivity contribution in [2.45, 2.75) is 31.9 Å². The van der Waals surface area contributed by atoms with Gasteiger partial charge < -0.3 is 10.2 Å². The summed E-state index contributed by atoms with van der Waals surface area (Å²) in [6, 6.07) is 1.47. The molecule has 1 fully saturated rings. The van der Waals surface area contributed by atoms with Gasteiger partial charge in [0.1, 0.15) is 17.1 Å². The van der Waals surface area contributed by atoms with E-state index in [4.69, 9.17) is 0 Å². The smallest absolute Gasteiger partial charge is 0.342 e. The second-order valence-corrected chi connectivity index (χ2v) is 7.19. The van der Waals surface area contributed by atoms with Gasteiger partial charge in [-0.25, -0.2) is 4.98 Å². The van der Waals surface area contributed by atoms with E-state index in [1.165, 1.54) is 17.4 Å². The van der Waals surface area contributed by atoms with Crippen LogP contribution in [0.2, 0.25) is 0 Å². The maximum Gasteiger partial charge on any atom is 0.405 e. The Bertz CT molecular complexity index is 824. The lowest BCUT2D eigenvalue weighted by atomic mass is 9.93. The highest BCUT2D eigenvalue weighted by Gasteiger charge is 2.30. The van der Waals surface area contributed by atoms with E-state index in [0.717, 1.165) is 5.69 Å². The van der Waals surface area contributed by atoms with E-state index in [2.05, 4.69) is 15.2 Å². The number of aromatic nitrogens is 3. The second-order valence-electron chi connectivity index (χ2n) is 6.34. The molecule has 3 heterocycles. The van der Waals surface area contributed by atoms with Crippen LogP contribution in [0, 0.1) is 6.92 Å². The third kappa shape index (κ3) is 4.65. The van der Waals surface area contributed by atoms with E-state index in [1.54, 1.807) is 22.7 Å². The number of thiazole rings is 1. The van der Waals surface area contributed by atoms with E-state index in [0.29, 0.717) is 36.5 Å². The number of rotatable bonds is 4. The minimum atomic E-state index is -4.47. The highest BCUT2D eigenvalue weighted by molar-refractivity contribution is 7.11. The number of nitrogens with zero attached hydrogens (tertiary/aromatic N) is 3. The van der Waals surface area contributed by atoms with Crippen molar-refractivity contribution < 1.29 is 22.8 Å². The fourth-order valence-corrected chi connectivity index (χ4v) is 3.75. The Morgan fingerprint density at radius 3 is 2.67 bits per heavy atom. The molecule has 7 nitrogen and oxygen atoms in total. The molecule has 2 amide bonds. The number of likely N-dealkylation sites (tertiary alicyclic amines) is 1. The van der Waals surface area contributed by atoms with E-state index in [-0.39, 0.29) is 17.5 Å². The van der Waals surface area contributed by atoms with Gasteiger partial charge in [-0.3, -0.25) is 14.7 Å². The first-order chi connectivity index (χ1) is 12.7. The molecular formula is C16H18F3N5O2S. The second kappa shape index (κ2) is 7.67. The Morgan fingerprint density at radius 2 is 2.07 bits per heavy atom. The largest absolute Gasteiger partial charge is 0.405 e. The van der Waals surface area contributed by atoms with Gasteiger partial charge in [0.2, 0.25) is 0 Å². The van der Waals surface area contributed by atoms with Crippen molar-refractivity contribution in [2.75, 3.05) is 19.6 Å². The minimum absolute atomic E-state index is 0.0368. The van der Waals surface area contributed by atoms with Gasteiger partial charge in [-0.1, -0.05) is 0 Å². The normalized spacial score (nSPS) is 15.8. The molecule has 11 heteroatoms. The molecule has 2 aromatic heterocycles. The first-order valence-corrected chi connectivity index (χ1v) is 9.22. The van der Waals surface area contributed by atoms with Gasteiger partial charge in [0, 0.05) is 24.7 Å². The topological polar surface area (TPSA) is 91.0 Å². The number of H-pyrrole nitrogens is 1. The van der Waals surface area contributed by atoms with Crippen LogP contribution in [-0.4, -0.2) is 57.7 Å². The van der Waals surface area contributed by atoms with Crippen molar-refractivity contribution in [3.8, 4) is 0 Å². The first kappa shape index (κ1) is 19.3. The van der Waals surface area contributed by atoms with Gasteiger partial charge in [-0.2, -0.15) is 18.3 Å². The van der Waals surface area contributed by atoms with E-state index in [1.807, 2.05) is 0 Å². The third-order valence-electron chi connectivity index (χ3n) is 4.44. The molecule has 146 valence electrons. The summed E-state index contributed by atoms with van der Waals surface area (Å²) in [7, 11) is 0. The zero-order valence-electron chi connectivity index (χ0n) is 14.5. The number of nitrogens with one attached hydrogen (secondary N) is 2. The molecule has 0 aromatic carbocycles. The van der Waals surface area contributed by atoms with Crippen LogP contribution in [0.5, 0.6) is 0 Å². The number of aromatic amines is 1. The average molecular weight is 401 g/mol.